The Balaban J connectivity index is 2.17. The molecule has 1 heterocycles. The highest BCUT2D eigenvalue weighted by atomic mass is 16.2. The van der Waals surface area contributed by atoms with Crippen molar-refractivity contribution in [3.8, 4) is 0 Å². The monoisotopic (exact) mass is 154 g/mol. The molecule has 0 radical (unpaired) electrons. The largest absolute Gasteiger partial charge is 0.351 e. The van der Waals surface area contributed by atoms with Crippen molar-refractivity contribution in [2.24, 2.45) is 5.73 Å². The summed E-state index contributed by atoms with van der Waals surface area (Å²) in [5.41, 5.74) is 5.87. The number of carbonyl (C=O) groups excluding carboxylic acids is 1. The van der Waals surface area contributed by atoms with Gasteiger partial charge >= 0.3 is 0 Å². The molecule has 2 atom stereocenters. The van der Waals surface area contributed by atoms with Crippen LogP contribution in [0.3, 0.4) is 0 Å². The van der Waals surface area contributed by atoms with E-state index in [2.05, 4.69) is 5.32 Å². The molecule has 3 nitrogen and oxygen atoms in total. The molecule has 2 fully saturated rings. The Labute approximate surface area is 66.3 Å². The van der Waals surface area contributed by atoms with Crippen molar-refractivity contribution >= 4 is 5.91 Å². The normalized spacial score (nSPS) is 43.4. The predicted octanol–water partition coefficient (Wildman–Crippen LogP) is 0.146. The fraction of sp³-hybridized carbons (Fsp3) is 0.875. The molecule has 11 heavy (non-hydrogen) atoms. The molecule has 0 aromatic carbocycles. The van der Waals surface area contributed by atoms with Crippen LogP contribution >= 0.6 is 0 Å². The third-order valence-corrected chi connectivity index (χ3v) is 2.90. The molecule has 0 aromatic rings. The van der Waals surface area contributed by atoms with Crippen molar-refractivity contribution in [1.29, 1.82) is 0 Å². The molecule has 1 aliphatic heterocycles. The van der Waals surface area contributed by atoms with Gasteiger partial charge in [0.25, 0.3) is 0 Å². The molecular formula is C8H14N2O. The van der Waals surface area contributed by atoms with Crippen LogP contribution in [0.1, 0.15) is 32.1 Å². The lowest BCUT2D eigenvalue weighted by Gasteiger charge is -2.34. The Hall–Kier alpha value is -0.570. The zero-order valence-corrected chi connectivity index (χ0v) is 6.60. The lowest BCUT2D eigenvalue weighted by molar-refractivity contribution is -0.119. The maximum Gasteiger partial charge on any atom is 0.222 e. The molecule has 0 aromatic heterocycles. The van der Waals surface area contributed by atoms with Crippen molar-refractivity contribution in [2.75, 3.05) is 0 Å². The zero-order valence-electron chi connectivity index (χ0n) is 6.60. The summed E-state index contributed by atoms with van der Waals surface area (Å²) in [4.78, 5) is 11.0. The first-order valence-electron chi connectivity index (χ1n) is 4.29. The highest BCUT2D eigenvalue weighted by molar-refractivity contribution is 5.80. The number of rotatable bonds is 0. The highest BCUT2D eigenvalue weighted by Crippen LogP contribution is 2.32. The molecule has 0 bridgehead atoms. The summed E-state index contributed by atoms with van der Waals surface area (Å²) >= 11 is 0. The summed E-state index contributed by atoms with van der Waals surface area (Å²) in [6, 6.07) is 0.267. The standard InChI is InChI=1S/C8H14N2O/c9-8-4-2-1-3-6(8)10-7(11)5-8/h6H,1-5,9H2,(H,10,11)/t6-,8+/m0/s1. The Kier molecular flexibility index (Phi) is 1.42. The van der Waals surface area contributed by atoms with Gasteiger partial charge in [-0.05, 0) is 12.8 Å². The second kappa shape index (κ2) is 2.21. The van der Waals surface area contributed by atoms with Gasteiger partial charge in [0.2, 0.25) is 5.91 Å². The van der Waals surface area contributed by atoms with E-state index >= 15 is 0 Å². The summed E-state index contributed by atoms with van der Waals surface area (Å²) in [5, 5.41) is 2.93. The molecule has 1 saturated heterocycles. The smallest absolute Gasteiger partial charge is 0.222 e. The maximum absolute atomic E-state index is 11.0. The quantitative estimate of drug-likeness (QED) is 0.521. The van der Waals surface area contributed by atoms with Crippen LogP contribution in [0.2, 0.25) is 0 Å². The van der Waals surface area contributed by atoms with Crippen LogP contribution in [0.5, 0.6) is 0 Å². The number of nitrogens with two attached hydrogens (primary N) is 1. The van der Waals surface area contributed by atoms with Gasteiger partial charge in [0.05, 0.1) is 0 Å². The van der Waals surface area contributed by atoms with E-state index in [0.717, 1.165) is 12.8 Å². The number of hydrogen-bond donors (Lipinski definition) is 2. The van der Waals surface area contributed by atoms with Gasteiger partial charge < -0.3 is 11.1 Å². The van der Waals surface area contributed by atoms with Crippen molar-refractivity contribution in [3.05, 3.63) is 0 Å². The van der Waals surface area contributed by atoms with Gasteiger partial charge in [0.15, 0.2) is 0 Å². The molecule has 3 N–H and O–H groups in total. The molecule has 3 heteroatoms. The zero-order chi connectivity index (χ0) is 7.90. The number of hydrogen-bond acceptors (Lipinski definition) is 2. The fourth-order valence-electron chi connectivity index (χ4n) is 2.24. The predicted molar refractivity (Wildman–Crippen MR) is 41.9 cm³/mol. The van der Waals surface area contributed by atoms with Crippen LogP contribution in [-0.4, -0.2) is 17.5 Å². The molecule has 0 unspecified atom stereocenters. The molecule has 2 aliphatic rings. The molecule has 2 rings (SSSR count). The number of fused-ring (bicyclic) bond motifs is 1. The van der Waals surface area contributed by atoms with Gasteiger partial charge in [0.1, 0.15) is 0 Å². The maximum atomic E-state index is 11.0. The van der Waals surface area contributed by atoms with Gasteiger partial charge in [-0.1, -0.05) is 12.8 Å². The van der Waals surface area contributed by atoms with Crippen molar-refractivity contribution in [2.45, 2.75) is 43.7 Å². The van der Waals surface area contributed by atoms with E-state index in [9.17, 15) is 4.79 Å². The third-order valence-electron chi connectivity index (χ3n) is 2.90. The fourth-order valence-corrected chi connectivity index (χ4v) is 2.24. The van der Waals surface area contributed by atoms with Gasteiger partial charge in [-0.2, -0.15) is 0 Å². The summed E-state index contributed by atoms with van der Waals surface area (Å²) in [7, 11) is 0. The molecule has 1 saturated carbocycles. The Bertz CT molecular complexity index is 193. The first-order valence-corrected chi connectivity index (χ1v) is 4.29. The van der Waals surface area contributed by atoms with Crippen LogP contribution in [0, 0.1) is 0 Å². The van der Waals surface area contributed by atoms with Gasteiger partial charge in [0, 0.05) is 18.0 Å². The SMILES string of the molecule is N[C@@]12CCCC[C@@H]1NC(=O)C2. The van der Waals surface area contributed by atoms with E-state index in [1.54, 1.807) is 0 Å². The van der Waals surface area contributed by atoms with Crippen LogP contribution < -0.4 is 11.1 Å². The van der Waals surface area contributed by atoms with E-state index in [1.807, 2.05) is 0 Å². The van der Waals surface area contributed by atoms with Crippen LogP contribution in [0.25, 0.3) is 0 Å². The topological polar surface area (TPSA) is 55.1 Å². The lowest BCUT2D eigenvalue weighted by Crippen LogP contribution is -2.52. The van der Waals surface area contributed by atoms with Crippen LogP contribution in [0.15, 0.2) is 0 Å². The number of nitrogens with one attached hydrogen (secondary N) is 1. The van der Waals surface area contributed by atoms with Gasteiger partial charge in [-0.25, -0.2) is 0 Å². The van der Waals surface area contributed by atoms with Crippen LogP contribution in [-0.2, 0) is 4.79 Å². The summed E-state index contributed by atoms with van der Waals surface area (Å²) in [6.07, 6.45) is 5.02. The molecule has 1 aliphatic carbocycles. The van der Waals surface area contributed by atoms with E-state index in [1.165, 1.54) is 12.8 Å². The summed E-state index contributed by atoms with van der Waals surface area (Å²) < 4.78 is 0. The highest BCUT2D eigenvalue weighted by Gasteiger charge is 2.44. The summed E-state index contributed by atoms with van der Waals surface area (Å²) in [5.74, 6) is 0.138. The average Bonchev–Trinajstić information content (AvgIpc) is 2.22. The lowest BCUT2D eigenvalue weighted by atomic mass is 9.79. The minimum absolute atomic E-state index is 0.138. The summed E-state index contributed by atoms with van der Waals surface area (Å²) in [6.45, 7) is 0. The minimum Gasteiger partial charge on any atom is -0.351 e. The van der Waals surface area contributed by atoms with Crippen molar-refractivity contribution < 1.29 is 4.79 Å². The van der Waals surface area contributed by atoms with Gasteiger partial charge in [-0.15, -0.1) is 0 Å². The van der Waals surface area contributed by atoms with Crippen molar-refractivity contribution in [3.63, 3.8) is 0 Å². The number of carbonyl (C=O) groups is 1. The minimum atomic E-state index is -0.199. The molecule has 0 spiro atoms. The third kappa shape index (κ3) is 1.03. The van der Waals surface area contributed by atoms with E-state index in [-0.39, 0.29) is 17.5 Å². The van der Waals surface area contributed by atoms with E-state index < -0.39 is 0 Å². The Morgan fingerprint density at radius 3 is 3.09 bits per heavy atom. The van der Waals surface area contributed by atoms with E-state index in [0.29, 0.717) is 6.42 Å². The Morgan fingerprint density at radius 2 is 2.36 bits per heavy atom. The molecule has 62 valence electrons. The van der Waals surface area contributed by atoms with Crippen molar-refractivity contribution in [1.82, 2.24) is 5.32 Å². The second-order valence-electron chi connectivity index (χ2n) is 3.78. The Morgan fingerprint density at radius 1 is 1.55 bits per heavy atom. The second-order valence-corrected chi connectivity index (χ2v) is 3.78. The van der Waals surface area contributed by atoms with Crippen LogP contribution in [0.4, 0.5) is 0 Å². The molecule has 1 amide bonds. The molecular weight excluding hydrogens is 140 g/mol. The van der Waals surface area contributed by atoms with Gasteiger partial charge in [-0.3, -0.25) is 4.79 Å². The van der Waals surface area contributed by atoms with E-state index in [4.69, 9.17) is 5.73 Å². The number of amides is 1. The first kappa shape index (κ1) is 7.10. The first-order chi connectivity index (χ1) is 5.21. The average molecular weight is 154 g/mol.